The molecule has 16 heavy (non-hydrogen) atoms. The molecule has 0 heterocycles. The average Bonchev–Trinajstić information content (AvgIpc) is 2.15. The van der Waals surface area contributed by atoms with Crippen LogP contribution < -0.4 is 0 Å². The minimum Gasteiger partial charge on any atom is -0.479 e. The zero-order chi connectivity index (χ0) is 12.5. The van der Waals surface area contributed by atoms with Crippen LogP contribution in [0.5, 0.6) is 0 Å². The van der Waals surface area contributed by atoms with Crippen LogP contribution in [0.4, 0.5) is 0 Å². The van der Waals surface area contributed by atoms with Crippen LogP contribution in [0, 0.1) is 0 Å². The van der Waals surface area contributed by atoms with Crippen molar-refractivity contribution < 1.29 is 20.1 Å². The van der Waals surface area contributed by atoms with E-state index in [0.717, 1.165) is 0 Å². The number of halogens is 2. The van der Waals surface area contributed by atoms with E-state index < -0.39 is 17.7 Å². The number of hydrogen-bond acceptors (Lipinski definition) is 3. The molecule has 0 unspecified atom stereocenters. The van der Waals surface area contributed by atoms with Crippen molar-refractivity contribution in [2.45, 2.75) is 18.6 Å². The Bertz CT molecular complexity index is 417. The lowest BCUT2D eigenvalue weighted by Crippen LogP contribution is -2.42. The molecule has 0 fully saturated rings. The van der Waals surface area contributed by atoms with Crippen molar-refractivity contribution in [2.24, 2.45) is 0 Å². The summed E-state index contributed by atoms with van der Waals surface area (Å²) in [6.07, 6.45) is -1.97. The van der Waals surface area contributed by atoms with Gasteiger partial charge in [0.1, 0.15) is 5.60 Å². The highest BCUT2D eigenvalue weighted by Crippen LogP contribution is 2.32. The van der Waals surface area contributed by atoms with E-state index in [9.17, 15) is 15.0 Å². The maximum Gasteiger partial charge on any atom is 0.335 e. The highest BCUT2D eigenvalue weighted by atomic mass is 35.5. The van der Waals surface area contributed by atoms with Crippen LogP contribution in [0.25, 0.3) is 0 Å². The van der Waals surface area contributed by atoms with E-state index in [4.69, 9.17) is 28.3 Å². The number of carboxylic acid groups (broad SMARTS) is 1. The van der Waals surface area contributed by atoms with Crippen molar-refractivity contribution >= 4 is 29.2 Å². The Labute approximate surface area is 102 Å². The second kappa shape index (κ2) is 4.59. The number of rotatable bonds is 3. The van der Waals surface area contributed by atoms with Crippen molar-refractivity contribution in [3.63, 3.8) is 0 Å². The summed E-state index contributed by atoms with van der Waals surface area (Å²) in [5.41, 5.74) is -1.87. The Morgan fingerprint density at radius 1 is 1.44 bits per heavy atom. The molecular formula is C10H10Cl2O4. The van der Waals surface area contributed by atoms with Gasteiger partial charge in [0.25, 0.3) is 0 Å². The molecule has 0 amide bonds. The third-order valence-electron chi connectivity index (χ3n) is 2.24. The Kier molecular flexibility index (Phi) is 3.80. The molecule has 4 nitrogen and oxygen atoms in total. The molecule has 0 aliphatic heterocycles. The molecule has 1 aromatic carbocycles. The van der Waals surface area contributed by atoms with Gasteiger partial charge in [-0.3, -0.25) is 0 Å². The van der Waals surface area contributed by atoms with Gasteiger partial charge in [-0.15, -0.1) is 0 Å². The summed E-state index contributed by atoms with van der Waals surface area (Å²) in [6, 6.07) is 4.18. The molecule has 1 rings (SSSR count). The molecule has 0 radical (unpaired) electrons. The van der Waals surface area contributed by atoms with E-state index in [1.54, 1.807) is 0 Å². The molecule has 0 saturated carbocycles. The molecule has 0 aliphatic carbocycles. The first-order valence-electron chi connectivity index (χ1n) is 4.35. The number of aliphatic carboxylic acids is 1. The zero-order valence-electron chi connectivity index (χ0n) is 8.32. The van der Waals surface area contributed by atoms with Gasteiger partial charge in [0.2, 0.25) is 0 Å². The number of benzene rings is 1. The first kappa shape index (κ1) is 13.3. The second-order valence-corrected chi connectivity index (χ2v) is 4.36. The minimum atomic E-state index is -1.98. The lowest BCUT2D eigenvalue weighted by Gasteiger charge is -2.27. The van der Waals surface area contributed by atoms with Gasteiger partial charge in [0, 0.05) is 15.6 Å². The average molecular weight is 265 g/mol. The van der Waals surface area contributed by atoms with Crippen molar-refractivity contribution in [3.05, 3.63) is 33.8 Å². The Hall–Kier alpha value is -0.810. The normalized spacial score (nSPS) is 16.6. The molecule has 6 heteroatoms. The highest BCUT2D eigenvalue weighted by Gasteiger charge is 2.39. The summed E-state index contributed by atoms with van der Waals surface area (Å²) in [5.74, 6) is -1.53. The van der Waals surface area contributed by atoms with Gasteiger partial charge in [0.15, 0.2) is 6.10 Å². The van der Waals surface area contributed by atoms with Crippen molar-refractivity contribution in [1.29, 1.82) is 0 Å². The van der Waals surface area contributed by atoms with Gasteiger partial charge < -0.3 is 15.3 Å². The number of carboxylic acids is 1. The summed E-state index contributed by atoms with van der Waals surface area (Å²) in [4.78, 5) is 10.6. The van der Waals surface area contributed by atoms with Gasteiger partial charge in [-0.2, -0.15) is 0 Å². The Balaban J connectivity index is 3.21. The quantitative estimate of drug-likeness (QED) is 0.776. The molecule has 0 saturated heterocycles. The molecule has 0 spiro atoms. The zero-order valence-corrected chi connectivity index (χ0v) is 9.83. The van der Waals surface area contributed by atoms with Crippen molar-refractivity contribution in [1.82, 2.24) is 0 Å². The highest BCUT2D eigenvalue weighted by molar-refractivity contribution is 6.35. The van der Waals surface area contributed by atoms with E-state index in [2.05, 4.69) is 0 Å². The van der Waals surface area contributed by atoms with Crippen LogP contribution in [0.1, 0.15) is 12.5 Å². The lowest BCUT2D eigenvalue weighted by molar-refractivity contribution is -0.162. The van der Waals surface area contributed by atoms with E-state index in [1.165, 1.54) is 25.1 Å². The van der Waals surface area contributed by atoms with Gasteiger partial charge >= 0.3 is 5.97 Å². The van der Waals surface area contributed by atoms with Gasteiger partial charge in [-0.1, -0.05) is 29.3 Å². The molecule has 88 valence electrons. The van der Waals surface area contributed by atoms with Crippen molar-refractivity contribution in [2.75, 3.05) is 0 Å². The molecule has 0 bridgehead atoms. The number of aliphatic hydroxyl groups is 2. The smallest absolute Gasteiger partial charge is 0.335 e. The Morgan fingerprint density at radius 3 is 2.44 bits per heavy atom. The maximum absolute atomic E-state index is 10.6. The molecule has 2 atom stereocenters. The van der Waals surface area contributed by atoms with E-state index >= 15 is 0 Å². The molecule has 1 aromatic rings. The Morgan fingerprint density at radius 2 is 2.00 bits per heavy atom. The van der Waals surface area contributed by atoms with Crippen molar-refractivity contribution in [3.8, 4) is 0 Å². The standard InChI is InChI=1S/C10H10Cl2O4/c1-10(16,8(13)9(14)15)6-3-2-5(11)4-7(6)12/h2-4,8,13,16H,1H3,(H,14,15)/t8-,10-/m0/s1. The van der Waals surface area contributed by atoms with Crippen LogP contribution in [-0.2, 0) is 10.4 Å². The number of carbonyl (C=O) groups is 1. The van der Waals surface area contributed by atoms with Gasteiger partial charge in [-0.05, 0) is 19.1 Å². The fourth-order valence-corrected chi connectivity index (χ4v) is 1.89. The van der Waals surface area contributed by atoms with E-state index in [-0.39, 0.29) is 10.6 Å². The fraction of sp³-hybridized carbons (Fsp3) is 0.300. The molecule has 0 aliphatic rings. The van der Waals surface area contributed by atoms with E-state index in [1.807, 2.05) is 0 Å². The summed E-state index contributed by atoms with van der Waals surface area (Å²) in [6.45, 7) is 1.17. The summed E-state index contributed by atoms with van der Waals surface area (Å²) < 4.78 is 0. The number of hydrogen-bond donors (Lipinski definition) is 3. The third-order valence-corrected chi connectivity index (χ3v) is 2.79. The molecule has 3 N–H and O–H groups in total. The lowest BCUT2D eigenvalue weighted by atomic mass is 9.90. The first-order chi connectivity index (χ1) is 7.26. The van der Waals surface area contributed by atoms with Crippen LogP contribution in [0.3, 0.4) is 0 Å². The van der Waals surface area contributed by atoms with Crippen LogP contribution in [-0.4, -0.2) is 27.4 Å². The second-order valence-electron chi connectivity index (χ2n) is 3.51. The fourth-order valence-electron chi connectivity index (χ4n) is 1.29. The maximum atomic E-state index is 10.6. The third kappa shape index (κ3) is 2.47. The minimum absolute atomic E-state index is 0.0952. The summed E-state index contributed by atoms with van der Waals surface area (Å²) in [7, 11) is 0. The van der Waals surface area contributed by atoms with Crippen LogP contribution in [0.15, 0.2) is 18.2 Å². The predicted molar refractivity (Wildman–Crippen MR) is 59.7 cm³/mol. The molecular weight excluding hydrogens is 255 g/mol. The van der Waals surface area contributed by atoms with Gasteiger partial charge in [0.05, 0.1) is 0 Å². The van der Waals surface area contributed by atoms with E-state index in [0.29, 0.717) is 5.02 Å². The van der Waals surface area contributed by atoms with Gasteiger partial charge in [-0.25, -0.2) is 4.79 Å². The molecule has 0 aromatic heterocycles. The predicted octanol–water partition coefficient (Wildman–Crippen LogP) is 1.65. The first-order valence-corrected chi connectivity index (χ1v) is 5.11. The summed E-state index contributed by atoms with van der Waals surface area (Å²) >= 11 is 11.5. The SMILES string of the molecule is C[C@](O)(c1ccc(Cl)cc1Cl)[C@@H](O)C(=O)O. The van der Waals surface area contributed by atoms with Crippen LogP contribution in [0.2, 0.25) is 10.0 Å². The topological polar surface area (TPSA) is 77.8 Å². The monoisotopic (exact) mass is 264 g/mol. The largest absolute Gasteiger partial charge is 0.479 e. The number of aliphatic hydroxyl groups excluding tert-OH is 1. The summed E-state index contributed by atoms with van der Waals surface area (Å²) in [5, 5.41) is 28.4. The van der Waals surface area contributed by atoms with Crippen LogP contribution >= 0.6 is 23.2 Å².